The Morgan fingerprint density at radius 1 is 1.09 bits per heavy atom. The van der Waals surface area contributed by atoms with Crippen LogP contribution in [-0.4, -0.2) is 35.0 Å². The predicted molar refractivity (Wildman–Crippen MR) is 119 cm³/mol. The van der Waals surface area contributed by atoms with Crippen LogP contribution >= 0.6 is 22.9 Å². The highest BCUT2D eigenvalue weighted by Gasteiger charge is 2.23. The van der Waals surface area contributed by atoms with E-state index in [1.54, 1.807) is 54.6 Å². The van der Waals surface area contributed by atoms with Crippen molar-refractivity contribution in [3.63, 3.8) is 0 Å². The van der Waals surface area contributed by atoms with Gasteiger partial charge in [-0.1, -0.05) is 53.3 Å². The molecular weight excluding hydrogens is 458 g/mol. The molecule has 11 heteroatoms. The lowest BCUT2D eigenvalue weighted by atomic mass is 10.3. The van der Waals surface area contributed by atoms with Crippen LogP contribution in [0.2, 0.25) is 4.34 Å². The molecule has 0 bridgehead atoms. The van der Waals surface area contributed by atoms with Gasteiger partial charge in [0.2, 0.25) is 5.91 Å². The fourth-order valence-electron chi connectivity index (χ4n) is 2.62. The molecule has 2 N–H and O–H groups in total. The van der Waals surface area contributed by atoms with E-state index in [1.165, 1.54) is 7.11 Å². The zero-order valence-electron chi connectivity index (χ0n) is 16.8. The molecule has 0 saturated heterocycles. The van der Waals surface area contributed by atoms with Crippen molar-refractivity contribution in [3.8, 4) is 11.5 Å². The molecular formula is C21H18ClN3O6S. The molecule has 2 amide bonds. The lowest BCUT2D eigenvalue weighted by Crippen LogP contribution is -2.36. The largest absolute Gasteiger partial charge is 0.493 e. The number of anilines is 2. The van der Waals surface area contributed by atoms with Crippen LogP contribution in [0.1, 0.15) is 12.1 Å². The molecule has 0 aliphatic heterocycles. The molecule has 1 heterocycles. The fraction of sp³-hybridized carbons (Fsp3) is 0.143. The molecule has 0 fully saturated rings. The highest BCUT2D eigenvalue weighted by Crippen LogP contribution is 2.30. The van der Waals surface area contributed by atoms with Gasteiger partial charge in [-0.2, -0.15) is 0 Å². The van der Waals surface area contributed by atoms with Crippen molar-refractivity contribution in [2.45, 2.75) is 12.8 Å². The van der Waals surface area contributed by atoms with E-state index in [2.05, 4.69) is 10.3 Å². The third kappa shape index (κ3) is 5.96. The summed E-state index contributed by atoms with van der Waals surface area (Å²) in [7, 11) is 1.47. The molecule has 0 aliphatic carbocycles. The Hall–Kier alpha value is -3.63. The van der Waals surface area contributed by atoms with Crippen molar-refractivity contribution in [2.24, 2.45) is 0 Å². The number of para-hydroxylation sites is 3. The van der Waals surface area contributed by atoms with E-state index in [1.807, 2.05) is 0 Å². The first-order valence-corrected chi connectivity index (χ1v) is 10.4. The van der Waals surface area contributed by atoms with Crippen LogP contribution in [0.25, 0.3) is 0 Å². The lowest BCUT2D eigenvalue weighted by molar-refractivity contribution is -0.136. The van der Waals surface area contributed by atoms with Crippen molar-refractivity contribution in [2.75, 3.05) is 17.5 Å². The summed E-state index contributed by atoms with van der Waals surface area (Å²) < 4.78 is 5.41. The van der Waals surface area contributed by atoms with Crippen molar-refractivity contribution in [3.05, 3.63) is 64.6 Å². The monoisotopic (exact) mass is 475 g/mol. The predicted octanol–water partition coefficient (Wildman–Crippen LogP) is 3.79. The molecule has 166 valence electrons. The van der Waals surface area contributed by atoms with Gasteiger partial charge in [-0.05, 0) is 24.3 Å². The van der Waals surface area contributed by atoms with E-state index in [9.17, 15) is 14.4 Å². The Balaban J connectivity index is 1.75. The number of carboxylic acids is 1. The molecule has 0 unspecified atom stereocenters. The molecule has 0 spiro atoms. The number of aliphatic carboxylic acids is 1. The van der Waals surface area contributed by atoms with Crippen molar-refractivity contribution < 1.29 is 29.1 Å². The minimum Gasteiger partial charge on any atom is -0.493 e. The van der Waals surface area contributed by atoms with E-state index in [4.69, 9.17) is 26.3 Å². The van der Waals surface area contributed by atoms with Crippen molar-refractivity contribution in [1.82, 2.24) is 4.98 Å². The zero-order valence-corrected chi connectivity index (χ0v) is 18.4. The Labute approximate surface area is 192 Å². The highest BCUT2D eigenvalue weighted by atomic mass is 35.5. The number of ether oxygens (including phenoxy) is 1. The van der Waals surface area contributed by atoms with Crippen LogP contribution in [0.3, 0.4) is 0 Å². The van der Waals surface area contributed by atoms with Crippen LogP contribution in [0.15, 0.2) is 54.6 Å². The van der Waals surface area contributed by atoms with Gasteiger partial charge in [0.05, 0.1) is 24.9 Å². The van der Waals surface area contributed by atoms with E-state index in [-0.39, 0.29) is 27.3 Å². The number of nitrogens with one attached hydrogen (secondary N) is 1. The van der Waals surface area contributed by atoms with Crippen LogP contribution in [0.4, 0.5) is 10.8 Å². The third-order valence-electron chi connectivity index (χ3n) is 4.00. The average Bonchev–Trinajstić information content (AvgIpc) is 3.10. The Kier molecular flexibility index (Phi) is 7.63. The topological polar surface area (TPSA) is 118 Å². The summed E-state index contributed by atoms with van der Waals surface area (Å²) in [4.78, 5) is 46.0. The molecule has 0 radical (unpaired) electrons. The molecule has 3 aromatic rings. The molecule has 9 nitrogen and oxygen atoms in total. The molecule has 3 rings (SSSR count). The minimum atomic E-state index is -1.10. The first-order chi connectivity index (χ1) is 15.4. The summed E-state index contributed by atoms with van der Waals surface area (Å²) in [6, 6.07) is 15.3. The number of carboxylic acid groups (broad SMARTS) is 1. The summed E-state index contributed by atoms with van der Waals surface area (Å²) in [5, 5.41) is 12.4. The number of hydrogen-bond donors (Lipinski definition) is 2. The first-order valence-electron chi connectivity index (χ1n) is 9.23. The Morgan fingerprint density at radius 3 is 2.41 bits per heavy atom. The normalized spacial score (nSPS) is 10.3. The summed E-state index contributed by atoms with van der Waals surface area (Å²) in [6.45, 7) is 0. The number of halogens is 1. The number of amides is 2. The Bertz CT molecular complexity index is 1120. The van der Waals surface area contributed by atoms with Crippen molar-refractivity contribution >= 4 is 51.5 Å². The van der Waals surface area contributed by atoms with Crippen LogP contribution in [0, 0.1) is 0 Å². The van der Waals surface area contributed by atoms with E-state index >= 15 is 0 Å². The molecule has 0 atom stereocenters. The van der Waals surface area contributed by atoms with E-state index < -0.39 is 24.2 Å². The number of hydroxylamine groups is 1. The van der Waals surface area contributed by atoms with Gasteiger partial charge in [0.1, 0.15) is 10.8 Å². The standard InChI is InChI=1S/C21H18ClN3O6S/c1-30-15-9-5-6-10-16(15)31-25(13-7-3-2-4-8-13)18(27)12-17(26)24-21-23-14(11-19(28)29)20(22)32-21/h2-10H,11-12H2,1H3,(H,28,29)(H,23,24,26). The number of benzene rings is 2. The van der Waals surface area contributed by atoms with Gasteiger partial charge in [-0.3, -0.25) is 14.4 Å². The minimum absolute atomic E-state index is 0.0981. The summed E-state index contributed by atoms with van der Waals surface area (Å²) in [5.41, 5.74) is 0.549. The van der Waals surface area contributed by atoms with Gasteiger partial charge in [-0.25, -0.2) is 4.98 Å². The fourth-order valence-corrected chi connectivity index (χ4v) is 3.67. The molecule has 32 heavy (non-hydrogen) atoms. The van der Waals surface area contributed by atoms with Crippen LogP contribution in [0.5, 0.6) is 11.5 Å². The number of aromatic nitrogens is 1. The zero-order chi connectivity index (χ0) is 23.1. The number of carbonyl (C=O) groups excluding carboxylic acids is 2. The number of thiazole rings is 1. The summed E-state index contributed by atoms with van der Waals surface area (Å²) in [6.07, 6.45) is -0.936. The smallest absolute Gasteiger partial charge is 0.309 e. The third-order valence-corrected chi connectivity index (χ3v) is 5.25. The first kappa shape index (κ1) is 23.0. The number of rotatable bonds is 9. The van der Waals surface area contributed by atoms with Gasteiger partial charge in [0.25, 0.3) is 5.91 Å². The second-order valence-electron chi connectivity index (χ2n) is 6.30. The van der Waals surface area contributed by atoms with Crippen molar-refractivity contribution in [1.29, 1.82) is 0 Å². The number of hydrogen-bond acceptors (Lipinski definition) is 7. The maximum absolute atomic E-state index is 12.9. The molecule has 1 aromatic heterocycles. The number of methoxy groups -OCH3 is 1. The second kappa shape index (κ2) is 10.6. The maximum atomic E-state index is 12.9. The van der Waals surface area contributed by atoms with Crippen LogP contribution < -0.4 is 20.0 Å². The maximum Gasteiger partial charge on any atom is 0.309 e. The summed E-state index contributed by atoms with van der Waals surface area (Å²) in [5.74, 6) is -1.70. The SMILES string of the molecule is COc1ccccc1ON(C(=O)CC(=O)Nc1nc(CC(=O)O)c(Cl)s1)c1ccccc1. The van der Waals surface area contributed by atoms with E-state index in [0.29, 0.717) is 11.4 Å². The van der Waals surface area contributed by atoms with Gasteiger partial charge >= 0.3 is 5.97 Å². The Morgan fingerprint density at radius 2 is 1.75 bits per heavy atom. The molecule has 0 saturated carbocycles. The number of nitrogens with zero attached hydrogens (tertiary/aromatic N) is 2. The van der Waals surface area contributed by atoms with Gasteiger partial charge in [0.15, 0.2) is 16.6 Å². The van der Waals surface area contributed by atoms with Gasteiger partial charge in [0, 0.05) is 0 Å². The number of carbonyl (C=O) groups is 3. The molecule has 0 aliphatic rings. The van der Waals surface area contributed by atoms with E-state index in [0.717, 1.165) is 16.4 Å². The second-order valence-corrected chi connectivity index (χ2v) is 7.90. The average molecular weight is 476 g/mol. The molecule has 2 aromatic carbocycles. The quantitative estimate of drug-likeness (QED) is 0.357. The van der Waals surface area contributed by atoms with Gasteiger partial charge in [-0.15, -0.1) is 5.06 Å². The van der Waals surface area contributed by atoms with Gasteiger partial charge < -0.3 is 20.0 Å². The lowest BCUT2D eigenvalue weighted by Gasteiger charge is -2.23. The highest BCUT2D eigenvalue weighted by molar-refractivity contribution is 7.19. The van der Waals surface area contributed by atoms with Crippen LogP contribution in [-0.2, 0) is 20.8 Å². The summed E-state index contributed by atoms with van der Waals surface area (Å²) >= 11 is 6.87.